The van der Waals surface area contributed by atoms with Crippen molar-refractivity contribution in [2.45, 2.75) is 38.8 Å². The number of amides is 1. The zero-order chi connectivity index (χ0) is 16.1. The van der Waals surface area contributed by atoms with Gasteiger partial charge < -0.3 is 10.4 Å². The molecule has 6 heteroatoms. The summed E-state index contributed by atoms with van der Waals surface area (Å²) in [4.78, 5) is 17.4. The van der Waals surface area contributed by atoms with Crippen LogP contribution in [0.2, 0.25) is 0 Å². The number of halogens is 1. The average molecular weight is 322 g/mol. The monoisotopic (exact) mass is 322 g/mol. The van der Waals surface area contributed by atoms with Crippen LogP contribution in [0.4, 0.5) is 4.39 Å². The first kappa shape index (κ1) is 16.6. The van der Waals surface area contributed by atoms with Crippen LogP contribution in [-0.4, -0.2) is 16.0 Å². The van der Waals surface area contributed by atoms with E-state index < -0.39 is 11.9 Å². The maximum atomic E-state index is 13.1. The highest BCUT2D eigenvalue weighted by molar-refractivity contribution is 7.11. The van der Waals surface area contributed by atoms with E-state index >= 15 is 0 Å². The minimum atomic E-state index is -1.02. The number of aryl methyl sites for hydroxylation is 1. The SMILES string of the molecule is CCc1cnc(C(C)NC(=O)CC(O)c2cccc(F)c2)s1. The van der Waals surface area contributed by atoms with Crippen LogP contribution >= 0.6 is 11.3 Å². The summed E-state index contributed by atoms with van der Waals surface area (Å²) < 4.78 is 13.1. The summed E-state index contributed by atoms with van der Waals surface area (Å²) in [6.07, 6.45) is 1.59. The lowest BCUT2D eigenvalue weighted by atomic mass is 10.1. The van der Waals surface area contributed by atoms with Crippen molar-refractivity contribution in [1.82, 2.24) is 10.3 Å². The Morgan fingerprint density at radius 3 is 2.91 bits per heavy atom. The van der Waals surface area contributed by atoms with Crippen molar-refractivity contribution in [2.24, 2.45) is 0 Å². The Morgan fingerprint density at radius 1 is 1.50 bits per heavy atom. The summed E-state index contributed by atoms with van der Waals surface area (Å²) in [7, 11) is 0. The second kappa shape index (κ2) is 7.47. The van der Waals surface area contributed by atoms with Crippen molar-refractivity contribution in [3.8, 4) is 0 Å². The van der Waals surface area contributed by atoms with Gasteiger partial charge in [0.25, 0.3) is 0 Å². The molecule has 0 spiro atoms. The van der Waals surface area contributed by atoms with E-state index in [4.69, 9.17) is 0 Å². The van der Waals surface area contributed by atoms with Crippen LogP contribution < -0.4 is 5.32 Å². The second-order valence-electron chi connectivity index (χ2n) is 5.08. The van der Waals surface area contributed by atoms with E-state index in [1.807, 2.05) is 13.1 Å². The Kier molecular flexibility index (Phi) is 5.63. The highest BCUT2D eigenvalue weighted by Crippen LogP contribution is 2.22. The first-order valence-electron chi connectivity index (χ1n) is 7.17. The Labute approximate surface area is 133 Å². The smallest absolute Gasteiger partial charge is 0.223 e. The lowest BCUT2D eigenvalue weighted by Gasteiger charge is -2.14. The molecule has 1 heterocycles. The molecule has 118 valence electrons. The van der Waals surface area contributed by atoms with Gasteiger partial charge in [-0.25, -0.2) is 9.37 Å². The van der Waals surface area contributed by atoms with Gasteiger partial charge in [0.15, 0.2) is 0 Å². The molecule has 2 unspecified atom stereocenters. The molecule has 2 N–H and O–H groups in total. The number of aliphatic hydroxyl groups excluding tert-OH is 1. The molecular formula is C16H19FN2O2S. The van der Waals surface area contributed by atoms with E-state index in [1.54, 1.807) is 17.4 Å². The first-order chi connectivity index (χ1) is 10.5. The lowest BCUT2D eigenvalue weighted by molar-refractivity contribution is -0.123. The number of hydrogen-bond donors (Lipinski definition) is 2. The molecule has 1 aromatic carbocycles. The quantitative estimate of drug-likeness (QED) is 0.859. The predicted molar refractivity (Wildman–Crippen MR) is 84.0 cm³/mol. The lowest BCUT2D eigenvalue weighted by Crippen LogP contribution is -2.27. The topological polar surface area (TPSA) is 62.2 Å². The molecule has 0 aliphatic heterocycles. The summed E-state index contributed by atoms with van der Waals surface area (Å²) in [5, 5.41) is 13.6. The molecule has 0 bridgehead atoms. The molecule has 2 rings (SSSR count). The van der Waals surface area contributed by atoms with Gasteiger partial charge in [-0.2, -0.15) is 0 Å². The average Bonchev–Trinajstić information content (AvgIpc) is 2.96. The molecule has 0 aliphatic rings. The van der Waals surface area contributed by atoms with Gasteiger partial charge in [-0.05, 0) is 31.0 Å². The number of carbonyl (C=O) groups excluding carboxylic acids is 1. The fourth-order valence-electron chi connectivity index (χ4n) is 2.06. The van der Waals surface area contributed by atoms with Crippen molar-refractivity contribution in [3.05, 3.63) is 51.7 Å². The molecule has 22 heavy (non-hydrogen) atoms. The molecule has 0 aliphatic carbocycles. The molecule has 0 fully saturated rings. The predicted octanol–water partition coefficient (Wildman–Crippen LogP) is 3.15. The summed E-state index contributed by atoms with van der Waals surface area (Å²) >= 11 is 1.56. The number of benzene rings is 1. The number of aliphatic hydroxyl groups is 1. The Bertz CT molecular complexity index is 645. The number of thiazole rings is 1. The molecule has 2 aromatic rings. The van der Waals surface area contributed by atoms with E-state index in [0.29, 0.717) is 5.56 Å². The minimum Gasteiger partial charge on any atom is -0.388 e. The fraction of sp³-hybridized carbons (Fsp3) is 0.375. The van der Waals surface area contributed by atoms with Crippen LogP contribution in [-0.2, 0) is 11.2 Å². The van der Waals surface area contributed by atoms with Crippen molar-refractivity contribution < 1.29 is 14.3 Å². The normalized spacial score (nSPS) is 13.6. The van der Waals surface area contributed by atoms with Crippen LogP contribution in [0.3, 0.4) is 0 Å². The van der Waals surface area contributed by atoms with Crippen LogP contribution in [0.25, 0.3) is 0 Å². The van der Waals surface area contributed by atoms with Crippen LogP contribution in [0, 0.1) is 5.82 Å². The highest BCUT2D eigenvalue weighted by Gasteiger charge is 2.17. The van der Waals surface area contributed by atoms with Crippen molar-refractivity contribution in [3.63, 3.8) is 0 Å². The summed E-state index contributed by atoms with van der Waals surface area (Å²) in [5.41, 5.74) is 0.394. The molecule has 0 saturated heterocycles. The number of aromatic nitrogens is 1. The zero-order valence-corrected chi connectivity index (χ0v) is 13.4. The van der Waals surface area contributed by atoms with Gasteiger partial charge in [-0.1, -0.05) is 19.1 Å². The molecule has 4 nitrogen and oxygen atoms in total. The van der Waals surface area contributed by atoms with Crippen molar-refractivity contribution in [1.29, 1.82) is 0 Å². The number of carbonyl (C=O) groups is 1. The fourth-order valence-corrected chi connectivity index (χ4v) is 2.92. The van der Waals surface area contributed by atoms with E-state index in [9.17, 15) is 14.3 Å². The van der Waals surface area contributed by atoms with Crippen LogP contribution in [0.1, 0.15) is 47.9 Å². The number of rotatable bonds is 6. The molecule has 1 aromatic heterocycles. The second-order valence-corrected chi connectivity index (χ2v) is 6.23. The molecule has 0 saturated carbocycles. The Balaban J connectivity index is 1.92. The van der Waals surface area contributed by atoms with E-state index in [1.165, 1.54) is 18.2 Å². The molecule has 2 atom stereocenters. The maximum Gasteiger partial charge on any atom is 0.223 e. The van der Waals surface area contributed by atoms with Gasteiger partial charge in [0, 0.05) is 11.1 Å². The number of nitrogens with zero attached hydrogens (tertiary/aromatic N) is 1. The van der Waals surface area contributed by atoms with E-state index in [0.717, 1.165) is 16.3 Å². The summed E-state index contributed by atoms with van der Waals surface area (Å²) in [6.45, 7) is 3.90. The first-order valence-corrected chi connectivity index (χ1v) is 7.98. The van der Waals surface area contributed by atoms with Gasteiger partial charge in [0.05, 0.1) is 18.6 Å². The van der Waals surface area contributed by atoms with Gasteiger partial charge >= 0.3 is 0 Å². The van der Waals surface area contributed by atoms with E-state index in [-0.39, 0.29) is 18.4 Å². The maximum absolute atomic E-state index is 13.1. The number of hydrogen-bond acceptors (Lipinski definition) is 4. The molecule has 0 radical (unpaired) electrons. The van der Waals surface area contributed by atoms with Crippen molar-refractivity contribution >= 4 is 17.2 Å². The third-order valence-electron chi connectivity index (χ3n) is 3.28. The van der Waals surface area contributed by atoms with Crippen LogP contribution in [0.15, 0.2) is 30.5 Å². The largest absolute Gasteiger partial charge is 0.388 e. The zero-order valence-electron chi connectivity index (χ0n) is 12.5. The minimum absolute atomic E-state index is 0.111. The van der Waals surface area contributed by atoms with Gasteiger partial charge in [-0.15, -0.1) is 11.3 Å². The van der Waals surface area contributed by atoms with E-state index in [2.05, 4.69) is 17.2 Å². The van der Waals surface area contributed by atoms with Gasteiger partial charge in [-0.3, -0.25) is 4.79 Å². The standard InChI is InChI=1S/C16H19FN2O2S/c1-3-13-9-18-16(22-13)10(2)19-15(21)8-14(20)11-5-4-6-12(17)7-11/h4-7,9-10,14,20H,3,8H2,1-2H3,(H,19,21). The highest BCUT2D eigenvalue weighted by atomic mass is 32.1. The third kappa shape index (κ3) is 4.35. The van der Waals surface area contributed by atoms with Crippen LogP contribution in [0.5, 0.6) is 0 Å². The van der Waals surface area contributed by atoms with Gasteiger partial charge in [0.1, 0.15) is 10.8 Å². The number of nitrogens with one attached hydrogen (secondary N) is 1. The Morgan fingerprint density at radius 2 is 2.27 bits per heavy atom. The summed E-state index contributed by atoms with van der Waals surface area (Å²) in [6, 6.07) is 5.43. The van der Waals surface area contributed by atoms with Crippen molar-refractivity contribution in [2.75, 3.05) is 0 Å². The molecule has 1 amide bonds. The van der Waals surface area contributed by atoms with Gasteiger partial charge in [0.2, 0.25) is 5.91 Å². The summed E-state index contributed by atoms with van der Waals surface area (Å²) in [5.74, 6) is -0.724. The Hall–Kier alpha value is -1.79. The molecular weight excluding hydrogens is 303 g/mol. The third-order valence-corrected chi connectivity index (χ3v) is 4.60.